The highest BCUT2D eigenvalue weighted by Gasteiger charge is 2.14. The summed E-state index contributed by atoms with van der Waals surface area (Å²) in [4.78, 5) is 11.6. The van der Waals surface area contributed by atoms with E-state index in [0.29, 0.717) is 6.42 Å². The third-order valence-corrected chi connectivity index (χ3v) is 2.95. The van der Waals surface area contributed by atoms with Gasteiger partial charge in [-0.05, 0) is 37.8 Å². The van der Waals surface area contributed by atoms with Gasteiger partial charge in [-0.3, -0.25) is 4.79 Å². The molecule has 0 saturated carbocycles. The summed E-state index contributed by atoms with van der Waals surface area (Å²) in [6.07, 6.45) is 1.51. The summed E-state index contributed by atoms with van der Waals surface area (Å²) in [6.45, 7) is 6.00. The van der Waals surface area contributed by atoms with Crippen molar-refractivity contribution in [2.24, 2.45) is 5.73 Å². The van der Waals surface area contributed by atoms with Crippen LogP contribution in [0.4, 0.5) is 0 Å². The lowest BCUT2D eigenvalue weighted by molar-refractivity contribution is -0.123. The Kier molecular flexibility index (Phi) is 7.64. The molecule has 1 aromatic carbocycles. The van der Waals surface area contributed by atoms with E-state index in [1.165, 1.54) is 11.1 Å². The van der Waals surface area contributed by atoms with Crippen LogP contribution in [0.5, 0.6) is 0 Å². The Labute approximate surface area is 116 Å². The van der Waals surface area contributed by atoms with Crippen LogP contribution in [-0.2, 0) is 11.2 Å². The van der Waals surface area contributed by atoms with Crippen molar-refractivity contribution >= 4 is 18.3 Å². The predicted molar refractivity (Wildman–Crippen MR) is 78.0 cm³/mol. The fraction of sp³-hybridized carbons (Fsp3) is 0.500. The number of aryl methyl sites for hydroxylation is 1. The molecule has 0 bridgehead atoms. The highest BCUT2D eigenvalue weighted by molar-refractivity contribution is 5.85. The van der Waals surface area contributed by atoms with Crippen LogP contribution >= 0.6 is 12.4 Å². The first-order valence-corrected chi connectivity index (χ1v) is 6.15. The molecule has 1 aromatic rings. The molecule has 0 saturated heterocycles. The summed E-state index contributed by atoms with van der Waals surface area (Å²) >= 11 is 0. The fourth-order valence-corrected chi connectivity index (χ4v) is 1.76. The van der Waals surface area contributed by atoms with Crippen LogP contribution in [0.2, 0.25) is 0 Å². The van der Waals surface area contributed by atoms with Gasteiger partial charge in [0.15, 0.2) is 0 Å². The van der Waals surface area contributed by atoms with E-state index in [1.54, 1.807) is 0 Å². The fourth-order valence-electron chi connectivity index (χ4n) is 1.76. The molecule has 0 spiro atoms. The Morgan fingerprint density at radius 2 is 2.00 bits per heavy atom. The first-order chi connectivity index (χ1) is 8.04. The van der Waals surface area contributed by atoms with Crippen LogP contribution in [0, 0.1) is 6.92 Å². The Hall–Kier alpha value is -1.06. The summed E-state index contributed by atoms with van der Waals surface area (Å²) in [5.74, 6) is -0.0615. The minimum absolute atomic E-state index is 0. The predicted octanol–water partition coefficient (Wildman–Crippen LogP) is 2.20. The number of hydrogen-bond acceptors (Lipinski definition) is 2. The van der Waals surface area contributed by atoms with Gasteiger partial charge in [0.25, 0.3) is 0 Å². The minimum Gasteiger partial charge on any atom is -0.352 e. The van der Waals surface area contributed by atoms with E-state index in [1.807, 2.05) is 26.0 Å². The zero-order valence-electron chi connectivity index (χ0n) is 11.3. The molecule has 18 heavy (non-hydrogen) atoms. The molecule has 0 aliphatic carbocycles. The molecule has 0 radical (unpaired) electrons. The SMILES string of the molecule is CC[C@H](N)C(=O)NC(C)Cc1ccccc1C.Cl. The number of carbonyl (C=O) groups is 1. The normalized spacial score (nSPS) is 13.3. The molecule has 3 N–H and O–H groups in total. The number of halogens is 1. The van der Waals surface area contributed by atoms with Crippen molar-refractivity contribution in [2.45, 2.75) is 45.7 Å². The van der Waals surface area contributed by atoms with Gasteiger partial charge in [0.2, 0.25) is 5.91 Å². The highest BCUT2D eigenvalue weighted by Crippen LogP contribution is 2.09. The van der Waals surface area contributed by atoms with Gasteiger partial charge in [-0.2, -0.15) is 0 Å². The van der Waals surface area contributed by atoms with Gasteiger partial charge >= 0.3 is 0 Å². The first-order valence-electron chi connectivity index (χ1n) is 6.15. The standard InChI is InChI=1S/C14H22N2O.ClH/c1-4-13(15)14(17)16-11(3)9-12-8-6-5-7-10(12)2;/h5-8,11,13H,4,9,15H2,1-3H3,(H,16,17);1H/t11?,13-;/m0./s1. The summed E-state index contributed by atoms with van der Waals surface area (Å²) in [7, 11) is 0. The smallest absolute Gasteiger partial charge is 0.237 e. The van der Waals surface area contributed by atoms with Crippen molar-refractivity contribution in [3.05, 3.63) is 35.4 Å². The van der Waals surface area contributed by atoms with Gasteiger partial charge < -0.3 is 11.1 Å². The third kappa shape index (κ3) is 5.07. The quantitative estimate of drug-likeness (QED) is 0.862. The topological polar surface area (TPSA) is 55.1 Å². The number of rotatable bonds is 5. The molecule has 0 aromatic heterocycles. The molecule has 1 amide bonds. The summed E-state index contributed by atoms with van der Waals surface area (Å²) in [5.41, 5.74) is 8.20. The van der Waals surface area contributed by atoms with Crippen LogP contribution < -0.4 is 11.1 Å². The number of nitrogens with one attached hydrogen (secondary N) is 1. The number of benzene rings is 1. The Morgan fingerprint density at radius 3 is 2.56 bits per heavy atom. The van der Waals surface area contributed by atoms with E-state index in [-0.39, 0.29) is 24.4 Å². The Morgan fingerprint density at radius 1 is 1.39 bits per heavy atom. The molecule has 0 fully saturated rings. The molecule has 102 valence electrons. The maximum absolute atomic E-state index is 11.6. The lowest BCUT2D eigenvalue weighted by Gasteiger charge is -2.17. The molecule has 2 atom stereocenters. The second-order valence-electron chi connectivity index (χ2n) is 4.55. The number of carbonyl (C=O) groups excluding carboxylic acids is 1. The summed E-state index contributed by atoms with van der Waals surface area (Å²) in [5, 5.41) is 2.94. The van der Waals surface area contributed by atoms with Crippen LogP contribution in [0.3, 0.4) is 0 Å². The lowest BCUT2D eigenvalue weighted by atomic mass is 10.0. The van der Waals surface area contributed by atoms with Crippen LogP contribution in [0.25, 0.3) is 0 Å². The van der Waals surface area contributed by atoms with E-state index >= 15 is 0 Å². The van der Waals surface area contributed by atoms with Gasteiger partial charge in [-0.1, -0.05) is 31.2 Å². The van der Waals surface area contributed by atoms with Crippen molar-refractivity contribution in [3.63, 3.8) is 0 Å². The van der Waals surface area contributed by atoms with Gasteiger partial charge in [0.05, 0.1) is 6.04 Å². The summed E-state index contributed by atoms with van der Waals surface area (Å²) < 4.78 is 0. The van der Waals surface area contributed by atoms with E-state index in [2.05, 4.69) is 24.4 Å². The van der Waals surface area contributed by atoms with Crippen LogP contribution in [0.1, 0.15) is 31.4 Å². The van der Waals surface area contributed by atoms with Crippen molar-refractivity contribution in [1.82, 2.24) is 5.32 Å². The van der Waals surface area contributed by atoms with Crippen molar-refractivity contribution in [1.29, 1.82) is 0 Å². The maximum Gasteiger partial charge on any atom is 0.237 e. The average molecular weight is 271 g/mol. The zero-order chi connectivity index (χ0) is 12.8. The molecule has 0 heterocycles. The third-order valence-electron chi connectivity index (χ3n) is 2.95. The van der Waals surface area contributed by atoms with E-state index < -0.39 is 6.04 Å². The molecular formula is C14H23ClN2O. The van der Waals surface area contributed by atoms with E-state index in [0.717, 1.165) is 6.42 Å². The van der Waals surface area contributed by atoms with Crippen molar-refractivity contribution in [3.8, 4) is 0 Å². The lowest BCUT2D eigenvalue weighted by Crippen LogP contribution is -2.44. The number of amides is 1. The van der Waals surface area contributed by atoms with Crippen molar-refractivity contribution in [2.75, 3.05) is 0 Å². The number of hydrogen-bond donors (Lipinski definition) is 2. The van der Waals surface area contributed by atoms with E-state index in [9.17, 15) is 4.79 Å². The molecule has 0 aliphatic heterocycles. The molecule has 1 unspecified atom stereocenters. The minimum atomic E-state index is -0.394. The molecule has 4 heteroatoms. The molecule has 3 nitrogen and oxygen atoms in total. The second kappa shape index (κ2) is 8.11. The molecule has 0 aliphatic rings. The molecular weight excluding hydrogens is 248 g/mol. The largest absolute Gasteiger partial charge is 0.352 e. The summed E-state index contributed by atoms with van der Waals surface area (Å²) in [6, 6.07) is 7.94. The monoisotopic (exact) mass is 270 g/mol. The average Bonchev–Trinajstić information content (AvgIpc) is 2.31. The van der Waals surface area contributed by atoms with Gasteiger partial charge in [-0.15, -0.1) is 12.4 Å². The maximum atomic E-state index is 11.6. The Bertz CT molecular complexity index is 382. The van der Waals surface area contributed by atoms with E-state index in [4.69, 9.17) is 5.73 Å². The molecule has 1 rings (SSSR count). The van der Waals surface area contributed by atoms with Crippen LogP contribution in [-0.4, -0.2) is 18.0 Å². The second-order valence-corrected chi connectivity index (χ2v) is 4.55. The highest BCUT2D eigenvalue weighted by atomic mass is 35.5. The zero-order valence-corrected chi connectivity index (χ0v) is 12.1. The first kappa shape index (κ1) is 16.9. The van der Waals surface area contributed by atoms with Crippen LogP contribution in [0.15, 0.2) is 24.3 Å². The van der Waals surface area contributed by atoms with Gasteiger partial charge in [0.1, 0.15) is 0 Å². The Balaban J connectivity index is 0.00000289. The van der Waals surface area contributed by atoms with Gasteiger partial charge in [-0.25, -0.2) is 0 Å². The number of nitrogens with two attached hydrogens (primary N) is 1. The van der Waals surface area contributed by atoms with Crippen molar-refractivity contribution < 1.29 is 4.79 Å². The van der Waals surface area contributed by atoms with Gasteiger partial charge in [0, 0.05) is 6.04 Å².